The summed E-state index contributed by atoms with van der Waals surface area (Å²) in [5.41, 5.74) is 2.77. The van der Waals surface area contributed by atoms with Gasteiger partial charge in [-0.3, -0.25) is 14.8 Å². The van der Waals surface area contributed by atoms with E-state index < -0.39 is 0 Å². The molecule has 0 fully saturated rings. The third-order valence-electron chi connectivity index (χ3n) is 3.46. The summed E-state index contributed by atoms with van der Waals surface area (Å²) >= 11 is 0. The van der Waals surface area contributed by atoms with Crippen molar-refractivity contribution in [3.05, 3.63) is 36.9 Å². The van der Waals surface area contributed by atoms with Crippen LogP contribution >= 0.6 is 0 Å². The lowest BCUT2D eigenvalue weighted by Crippen LogP contribution is -2.34. The summed E-state index contributed by atoms with van der Waals surface area (Å²) in [6, 6.07) is 5.89. The molecule has 0 saturated heterocycles. The Morgan fingerprint density at radius 3 is 2.77 bits per heavy atom. The summed E-state index contributed by atoms with van der Waals surface area (Å²) in [6.45, 7) is 0.261. The van der Waals surface area contributed by atoms with E-state index in [9.17, 15) is 4.79 Å². The van der Waals surface area contributed by atoms with Gasteiger partial charge in [-0.1, -0.05) is 6.07 Å². The number of nitrogens with zero attached hydrogens (tertiary/aromatic N) is 4. The van der Waals surface area contributed by atoms with Gasteiger partial charge in [-0.2, -0.15) is 5.10 Å². The van der Waals surface area contributed by atoms with E-state index in [1.165, 1.54) is 6.33 Å². The van der Waals surface area contributed by atoms with Crippen LogP contribution in [0.3, 0.4) is 0 Å². The zero-order valence-corrected chi connectivity index (χ0v) is 12.4. The maximum Gasteiger partial charge on any atom is 0.241 e. The summed E-state index contributed by atoms with van der Waals surface area (Å²) in [7, 11) is 3.45. The van der Waals surface area contributed by atoms with Gasteiger partial charge in [0.15, 0.2) is 5.82 Å². The highest BCUT2D eigenvalue weighted by molar-refractivity contribution is 6.02. The summed E-state index contributed by atoms with van der Waals surface area (Å²) in [6.07, 6.45) is 5.00. The van der Waals surface area contributed by atoms with Crippen molar-refractivity contribution in [3.63, 3.8) is 0 Å². The van der Waals surface area contributed by atoms with Crippen LogP contribution in [-0.4, -0.2) is 46.7 Å². The van der Waals surface area contributed by atoms with E-state index in [0.717, 1.165) is 22.0 Å². The minimum atomic E-state index is -0.0515. The quantitative estimate of drug-likeness (QED) is 0.755. The molecule has 1 aromatic carbocycles. The number of fused-ring (bicyclic) bond motifs is 1. The normalized spacial score (nSPS) is 10.8. The molecule has 7 heteroatoms. The van der Waals surface area contributed by atoms with Gasteiger partial charge < -0.3 is 5.32 Å². The molecule has 112 valence electrons. The van der Waals surface area contributed by atoms with Crippen LogP contribution < -0.4 is 10.2 Å². The maximum absolute atomic E-state index is 12.0. The number of H-pyrrole nitrogens is 1. The molecule has 2 N–H and O–H groups in total. The predicted octanol–water partition coefficient (Wildman–Crippen LogP) is 1.20. The van der Waals surface area contributed by atoms with Crippen LogP contribution in [0.2, 0.25) is 0 Å². The molecule has 0 aliphatic heterocycles. The number of carbonyl (C=O) groups is 1. The summed E-state index contributed by atoms with van der Waals surface area (Å²) < 4.78 is 0. The van der Waals surface area contributed by atoms with Crippen LogP contribution in [0.15, 0.2) is 36.9 Å². The SMILES string of the molecule is CNCC(=O)N(C)c1n[nH]c2ccc(-c3cncnc3)cc12. The van der Waals surface area contributed by atoms with Gasteiger partial charge in [-0.25, -0.2) is 9.97 Å². The lowest BCUT2D eigenvalue weighted by molar-refractivity contribution is -0.117. The zero-order chi connectivity index (χ0) is 15.5. The molecule has 1 amide bonds. The Morgan fingerprint density at radius 2 is 2.05 bits per heavy atom. The van der Waals surface area contributed by atoms with Crippen molar-refractivity contribution in [1.82, 2.24) is 25.5 Å². The molecule has 0 unspecified atom stereocenters. The number of benzene rings is 1. The van der Waals surface area contributed by atoms with Crippen LogP contribution in [0.25, 0.3) is 22.0 Å². The highest BCUT2D eigenvalue weighted by Gasteiger charge is 2.16. The van der Waals surface area contributed by atoms with Crippen LogP contribution in [-0.2, 0) is 4.79 Å². The Kier molecular flexibility index (Phi) is 3.80. The van der Waals surface area contributed by atoms with E-state index >= 15 is 0 Å². The Bertz CT molecular complexity index is 798. The fourth-order valence-electron chi connectivity index (χ4n) is 2.27. The summed E-state index contributed by atoms with van der Waals surface area (Å²) in [5, 5.41) is 10.9. The largest absolute Gasteiger partial charge is 0.311 e. The first-order valence-corrected chi connectivity index (χ1v) is 6.85. The van der Waals surface area contributed by atoms with E-state index in [0.29, 0.717) is 5.82 Å². The number of amides is 1. The molecule has 0 spiro atoms. The monoisotopic (exact) mass is 296 g/mol. The lowest BCUT2D eigenvalue weighted by Gasteiger charge is -2.14. The molecule has 0 aliphatic carbocycles. The van der Waals surface area contributed by atoms with Crippen molar-refractivity contribution in [2.45, 2.75) is 0 Å². The zero-order valence-electron chi connectivity index (χ0n) is 12.4. The molecule has 0 radical (unpaired) electrons. The van der Waals surface area contributed by atoms with Crippen molar-refractivity contribution in [2.24, 2.45) is 0 Å². The molecule has 22 heavy (non-hydrogen) atoms. The molecular formula is C15H16N6O. The number of anilines is 1. The second-order valence-corrected chi connectivity index (χ2v) is 4.92. The highest BCUT2D eigenvalue weighted by Crippen LogP contribution is 2.28. The van der Waals surface area contributed by atoms with Gasteiger partial charge in [-0.15, -0.1) is 0 Å². The van der Waals surface area contributed by atoms with Crippen molar-refractivity contribution in [3.8, 4) is 11.1 Å². The van der Waals surface area contributed by atoms with Crippen LogP contribution in [0, 0.1) is 0 Å². The second kappa shape index (κ2) is 5.90. The van der Waals surface area contributed by atoms with Crippen molar-refractivity contribution in [1.29, 1.82) is 0 Å². The molecule has 0 saturated carbocycles. The summed E-state index contributed by atoms with van der Waals surface area (Å²) in [4.78, 5) is 21.6. The first kappa shape index (κ1) is 14.2. The Morgan fingerprint density at radius 1 is 1.27 bits per heavy atom. The summed E-state index contributed by atoms with van der Waals surface area (Å²) in [5.74, 6) is 0.554. The second-order valence-electron chi connectivity index (χ2n) is 4.92. The molecule has 7 nitrogen and oxygen atoms in total. The topological polar surface area (TPSA) is 86.8 Å². The minimum Gasteiger partial charge on any atom is -0.311 e. The van der Waals surface area contributed by atoms with Crippen molar-refractivity contribution >= 4 is 22.6 Å². The number of hydrogen-bond donors (Lipinski definition) is 2. The Balaban J connectivity index is 2.04. The fourth-order valence-corrected chi connectivity index (χ4v) is 2.27. The van der Waals surface area contributed by atoms with Gasteiger partial charge in [0.1, 0.15) is 6.33 Å². The number of carbonyl (C=O) groups excluding carboxylic acids is 1. The average molecular weight is 296 g/mol. The van der Waals surface area contributed by atoms with Gasteiger partial charge in [0.05, 0.1) is 12.1 Å². The van der Waals surface area contributed by atoms with Gasteiger partial charge in [0.25, 0.3) is 0 Å². The highest BCUT2D eigenvalue weighted by atomic mass is 16.2. The van der Waals surface area contributed by atoms with E-state index in [2.05, 4.69) is 25.5 Å². The van der Waals surface area contributed by atoms with E-state index in [1.807, 2.05) is 18.2 Å². The molecular weight excluding hydrogens is 280 g/mol. The van der Waals surface area contributed by atoms with Crippen molar-refractivity contribution < 1.29 is 4.79 Å². The van der Waals surface area contributed by atoms with Gasteiger partial charge in [-0.05, 0) is 24.7 Å². The van der Waals surface area contributed by atoms with Crippen LogP contribution in [0.4, 0.5) is 5.82 Å². The first-order chi connectivity index (χ1) is 10.7. The van der Waals surface area contributed by atoms with Crippen LogP contribution in [0.1, 0.15) is 0 Å². The molecule has 0 atom stereocenters. The standard InChI is InChI=1S/C15H16N6O/c1-16-8-14(22)21(2)15-12-5-10(3-4-13(12)19-20-15)11-6-17-9-18-7-11/h3-7,9,16H,8H2,1-2H3,(H,19,20). The van der Waals surface area contributed by atoms with E-state index in [-0.39, 0.29) is 12.5 Å². The molecule has 0 aliphatic rings. The third kappa shape index (κ3) is 2.53. The molecule has 3 rings (SSSR count). The molecule has 2 aromatic heterocycles. The van der Waals surface area contributed by atoms with E-state index in [4.69, 9.17) is 0 Å². The Labute approximate surface area is 127 Å². The number of rotatable bonds is 4. The smallest absolute Gasteiger partial charge is 0.241 e. The first-order valence-electron chi connectivity index (χ1n) is 6.85. The average Bonchev–Trinajstić information content (AvgIpc) is 2.98. The number of likely N-dealkylation sites (N-methyl/N-ethyl adjacent to an activating group) is 2. The lowest BCUT2D eigenvalue weighted by atomic mass is 10.1. The van der Waals surface area contributed by atoms with Crippen LogP contribution in [0.5, 0.6) is 0 Å². The molecule has 3 aromatic rings. The third-order valence-corrected chi connectivity index (χ3v) is 3.46. The molecule has 2 heterocycles. The van der Waals surface area contributed by atoms with Gasteiger partial charge in [0.2, 0.25) is 5.91 Å². The fraction of sp³-hybridized carbons (Fsp3) is 0.200. The predicted molar refractivity (Wildman–Crippen MR) is 84.5 cm³/mol. The Hall–Kier alpha value is -2.80. The van der Waals surface area contributed by atoms with Crippen molar-refractivity contribution in [2.75, 3.05) is 25.5 Å². The number of hydrogen-bond acceptors (Lipinski definition) is 5. The molecule has 0 bridgehead atoms. The van der Waals surface area contributed by atoms with Gasteiger partial charge >= 0.3 is 0 Å². The van der Waals surface area contributed by atoms with Gasteiger partial charge in [0, 0.05) is 30.4 Å². The van der Waals surface area contributed by atoms with E-state index in [1.54, 1.807) is 31.4 Å². The minimum absolute atomic E-state index is 0.0515. The number of nitrogens with one attached hydrogen (secondary N) is 2. The number of aromatic nitrogens is 4. The maximum atomic E-state index is 12.0. The number of aromatic amines is 1.